The molecule has 0 aromatic heterocycles. The van der Waals surface area contributed by atoms with E-state index in [9.17, 15) is 0 Å². The number of nitrogens with one attached hydrogen (secondary N) is 1. The molecule has 0 amide bonds. The van der Waals surface area contributed by atoms with E-state index >= 15 is 0 Å². The van der Waals surface area contributed by atoms with Gasteiger partial charge in [-0.2, -0.15) is 0 Å². The molecule has 3 heteroatoms. The monoisotopic (exact) mass is 343 g/mol. The topological polar surface area (TPSA) is 12.0 Å². The molecule has 1 aliphatic carbocycles. The van der Waals surface area contributed by atoms with E-state index in [4.69, 9.17) is 11.6 Å². The van der Waals surface area contributed by atoms with Crippen LogP contribution in [0.5, 0.6) is 0 Å². The first-order chi connectivity index (χ1) is 9.10. The third-order valence-electron chi connectivity index (χ3n) is 4.27. The molecule has 3 unspecified atom stereocenters. The first-order valence-corrected chi connectivity index (χ1v) is 8.48. The zero-order chi connectivity index (χ0) is 13.8. The van der Waals surface area contributed by atoms with Gasteiger partial charge in [-0.05, 0) is 43.4 Å². The van der Waals surface area contributed by atoms with Crippen molar-refractivity contribution in [2.45, 2.75) is 58.0 Å². The Labute approximate surface area is 130 Å². The van der Waals surface area contributed by atoms with Gasteiger partial charge < -0.3 is 5.32 Å². The van der Waals surface area contributed by atoms with E-state index in [2.05, 4.69) is 47.2 Å². The lowest BCUT2D eigenvalue weighted by atomic mass is 9.84. The van der Waals surface area contributed by atoms with Crippen LogP contribution < -0.4 is 5.32 Å². The predicted octanol–water partition coefficient (Wildman–Crippen LogP) is 5.72. The van der Waals surface area contributed by atoms with Gasteiger partial charge in [0.15, 0.2) is 0 Å². The number of hydrogen-bond acceptors (Lipinski definition) is 1. The molecule has 0 radical (unpaired) electrons. The molecule has 0 aliphatic heterocycles. The number of rotatable bonds is 4. The van der Waals surface area contributed by atoms with Gasteiger partial charge >= 0.3 is 0 Å². The van der Waals surface area contributed by atoms with Crippen LogP contribution in [0.4, 0.5) is 0 Å². The Morgan fingerprint density at radius 3 is 2.89 bits per heavy atom. The normalized spacial score (nSPS) is 25.3. The summed E-state index contributed by atoms with van der Waals surface area (Å²) in [4.78, 5) is 0. The van der Waals surface area contributed by atoms with Crippen molar-refractivity contribution in [3.05, 3.63) is 33.3 Å². The van der Waals surface area contributed by atoms with Gasteiger partial charge in [-0.25, -0.2) is 0 Å². The number of halogens is 2. The first-order valence-electron chi connectivity index (χ1n) is 7.31. The molecule has 106 valence electrons. The largest absolute Gasteiger partial charge is 0.307 e. The van der Waals surface area contributed by atoms with E-state index in [0.717, 1.165) is 15.4 Å². The lowest BCUT2D eigenvalue weighted by Gasteiger charge is -2.31. The highest BCUT2D eigenvalue weighted by Gasteiger charge is 2.22. The fourth-order valence-electron chi connectivity index (χ4n) is 3.11. The van der Waals surface area contributed by atoms with Crippen LogP contribution in [0.15, 0.2) is 22.7 Å². The molecule has 1 aromatic carbocycles. The second-order valence-electron chi connectivity index (χ2n) is 5.69. The van der Waals surface area contributed by atoms with Crippen molar-refractivity contribution < 1.29 is 0 Å². The third kappa shape index (κ3) is 4.21. The molecular formula is C16H23BrClN. The van der Waals surface area contributed by atoms with Gasteiger partial charge in [-0.15, -0.1) is 0 Å². The quantitative estimate of drug-likeness (QED) is 0.736. The standard InChI is InChI=1S/C16H23BrClN/c1-3-12-5-4-6-14(9-12)19-11(2)15-8-7-13(17)10-16(15)18/h7-8,10-12,14,19H,3-6,9H2,1-2H3. The van der Waals surface area contributed by atoms with E-state index in [-0.39, 0.29) is 0 Å². The zero-order valence-corrected chi connectivity index (χ0v) is 14.1. The lowest BCUT2D eigenvalue weighted by molar-refractivity contribution is 0.266. The summed E-state index contributed by atoms with van der Waals surface area (Å²) in [6.07, 6.45) is 6.69. The zero-order valence-electron chi connectivity index (χ0n) is 11.8. The van der Waals surface area contributed by atoms with Gasteiger partial charge in [0, 0.05) is 21.6 Å². The molecule has 3 atom stereocenters. The Balaban J connectivity index is 1.98. The minimum atomic E-state index is 0.321. The minimum Gasteiger partial charge on any atom is -0.307 e. The van der Waals surface area contributed by atoms with Gasteiger partial charge in [0.2, 0.25) is 0 Å². The molecule has 2 rings (SSSR count). The molecule has 19 heavy (non-hydrogen) atoms. The van der Waals surface area contributed by atoms with Crippen molar-refractivity contribution >= 4 is 27.5 Å². The van der Waals surface area contributed by atoms with Crippen molar-refractivity contribution in [3.63, 3.8) is 0 Å². The summed E-state index contributed by atoms with van der Waals surface area (Å²) < 4.78 is 1.04. The second-order valence-corrected chi connectivity index (χ2v) is 7.01. The number of benzene rings is 1. The van der Waals surface area contributed by atoms with Crippen LogP contribution in [0, 0.1) is 5.92 Å². The maximum Gasteiger partial charge on any atom is 0.0464 e. The van der Waals surface area contributed by atoms with E-state index in [1.807, 2.05) is 6.07 Å². The summed E-state index contributed by atoms with van der Waals surface area (Å²) in [5.74, 6) is 0.902. The molecule has 1 aliphatic rings. The number of hydrogen-bond donors (Lipinski definition) is 1. The summed E-state index contributed by atoms with van der Waals surface area (Å²) in [6, 6.07) is 7.12. The highest BCUT2D eigenvalue weighted by Crippen LogP contribution is 2.30. The molecule has 0 bridgehead atoms. The van der Waals surface area contributed by atoms with Crippen LogP contribution in [-0.4, -0.2) is 6.04 Å². The van der Waals surface area contributed by atoms with E-state index < -0.39 is 0 Å². The minimum absolute atomic E-state index is 0.321. The van der Waals surface area contributed by atoms with Crippen molar-refractivity contribution in [1.29, 1.82) is 0 Å². The van der Waals surface area contributed by atoms with E-state index in [0.29, 0.717) is 12.1 Å². The highest BCUT2D eigenvalue weighted by molar-refractivity contribution is 9.10. The van der Waals surface area contributed by atoms with Gasteiger partial charge in [0.05, 0.1) is 0 Å². The van der Waals surface area contributed by atoms with Gasteiger partial charge in [0.1, 0.15) is 0 Å². The Bertz CT molecular complexity index is 421. The molecule has 0 spiro atoms. The predicted molar refractivity (Wildman–Crippen MR) is 86.7 cm³/mol. The fourth-order valence-corrected chi connectivity index (χ4v) is 3.95. The summed E-state index contributed by atoms with van der Waals surface area (Å²) in [6.45, 7) is 4.52. The highest BCUT2D eigenvalue weighted by atomic mass is 79.9. The maximum atomic E-state index is 6.33. The average molecular weight is 345 g/mol. The van der Waals surface area contributed by atoms with Crippen molar-refractivity contribution in [2.24, 2.45) is 5.92 Å². The van der Waals surface area contributed by atoms with Gasteiger partial charge in [-0.3, -0.25) is 0 Å². The van der Waals surface area contributed by atoms with Crippen LogP contribution in [0.3, 0.4) is 0 Å². The molecule has 1 nitrogen and oxygen atoms in total. The smallest absolute Gasteiger partial charge is 0.0464 e. The fraction of sp³-hybridized carbons (Fsp3) is 0.625. The lowest BCUT2D eigenvalue weighted by Crippen LogP contribution is -2.35. The van der Waals surface area contributed by atoms with Crippen molar-refractivity contribution in [2.75, 3.05) is 0 Å². The molecule has 1 N–H and O–H groups in total. The first kappa shape index (κ1) is 15.3. The van der Waals surface area contributed by atoms with Crippen molar-refractivity contribution in [1.82, 2.24) is 5.32 Å². The SMILES string of the molecule is CCC1CCCC(NC(C)c2ccc(Br)cc2Cl)C1. The van der Waals surface area contributed by atoms with Crippen LogP contribution in [0.25, 0.3) is 0 Å². The summed E-state index contributed by atoms with van der Waals surface area (Å²) in [7, 11) is 0. The van der Waals surface area contributed by atoms with Crippen LogP contribution in [0.2, 0.25) is 5.02 Å². The van der Waals surface area contributed by atoms with Crippen LogP contribution >= 0.6 is 27.5 Å². The van der Waals surface area contributed by atoms with E-state index in [1.165, 1.54) is 37.7 Å². The Morgan fingerprint density at radius 1 is 1.42 bits per heavy atom. The summed E-state index contributed by atoms with van der Waals surface area (Å²) in [5.41, 5.74) is 1.20. The van der Waals surface area contributed by atoms with Gasteiger partial charge in [-0.1, -0.05) is 59.8 Å². The van der Waals surface area contributed by atoms with Crippen LogP contribution in [-0.2, 0) is 0 Å². The molecule has 1 saturated carbocycles. The van der Waals surface area contributed by atoms with Gasteiger partial charge in [0.25, 0.3) is 0 Å². The van der Waals surface area contributed by atoms with E-state index in [1.54, 1.807) is 0 Å². The third-order valence-corrected chi connectivity index (χ3v) is 5.10. The maximum absolute atomic E-state index is 6.33. The Morgan fingerprint density at radius 2 is 2.21 bits per heavy atom. The molecule has 0 heterocycles. The Hall–Kier alpha value is -0.0500. The van der Waals surface area contributed by atoms with Crippen LogP contribution in [0.1, 0.15) is 57.6 Å². The molecule has 1 aromatic rings. The molecular weight excluding hydrogens is 322 g/mol. The second kappa shape index (κ2) is 7.10. The summed E-state index contributed by atoms with van der Waals surface area (Å²) in [5, 5.41) is 4.60. The summed E-state index contributed by atoms with van der Waals surface area (Å²) >= 11 is 9.78. The Kier molecular flexibility index (Phi) is 5.73. The molecule has 1 fully saturated rings. The average Bonchev–Trinajstić information content (AvgIpc) is 2.38. The molecule has 0 saturated heterocycles. The van der Waals surface area contributed by atoms with Crippen molar-refractivity contribution in [3.8, 4) is 0 Å².